The van der Waals surface area contributed by atoms with Crippen LogP contribution in [0.15, 0.2) is 34.3 Å². The Hall–Kier alpha value is -1.84. The summed E-state index contributed by atoms with van der Waals surface area (Å²) in [5.41, 5.74) is 2.35. The first-order valence-electron chi connectivity index (χ1n) is 9.56. The summed E-state index contributed by atoms with van der Waals surface area (Å²) in [6.07, 6.45) is 8.26. The predicted molar refractivity (Wildman–Crippen MR) is 100 cm³/mol. The van der Waals surface area contributed by atoms with Crippen LogP contribution in [-0.4, -0.2) is 22.7 Å². The van der Waals surface area contributed by atoms with Crippen molar-refractivity contribution in [2.45, 2.75) is 78.7 Å². The number of aliphatic hydroxyl groups is 1. The Bertz CT molecular complexity index is 638. The van der Waals surface area contributed by atoms with Gasteiger partial charge in [0, 0.05) is 17.5 Å². The molecule has 1 atom stereocenters. The van der Waals surface area contributed by atoms with Crippen molar-refractivity contribution < 1.29 is 14.7 Å². The second kappa shape index (κ2) is 8.50. The fourth-order valence-electron chi connectivity index (χ4n) is 3.67. The minimum atomic E-state index is -0.370. The average Bonchev–Trinajstić information content (AvgIpc) is 2.55. The van der Waals surface area contributed by atoms with Crippen molar-refractivity contribution in [2.24, 2.45) is 5.92 Å². The Balaban J connectivity index is 2.40. The van der Waals surface area contributed by atoms with E-state index in [2.05, 4.69) is 12.2 Å². The van der Waals surface area contributed by atoms with E-state index in [1.54, 1.807) is 0 Å². The summed E-state index contributed by atoms with van der Waals surface area (Å²) in [4.78, 5) is 26.0. The molecule has 4 heteroatoms. The Morgan fingerprint density at radius 2 is 1.96 bits per heavy atom. The van der Waals surface area contributed by atoms with Crippen molar-refractivity contribution in [1.82, 2.24) is 5.32 Å². The summed E-state index contributed by atoms with van der Waals surface area (Å²) >= 11 is 0. The van der Waals surface area contributed by atoms with E-state index in [9.17, 15) is 14.7 Å². The third-order valence-corrected chi connectivity index (χ3v) is 4.92. The standard InChI is InChI=1S/C21H31NO3/c1-5-6-7-11-16-18(22-13(2)3)20(24)17(21(25)19(16)23)15-10-8-9-14(4)12-15/h12-13,15,22,25H,5-11H2,1-4H3. The molecule has 0 aliphatic heterocycles. The lowest BCUT2D eigenvalue weighted by atomic mass is 9.78. The number of ketones is 2. The molecular formula is C21H31NO3. The summed E-state index contributed by atoms with van der Waals surface area (Å²) in [6, 6.07) is 0.0538. The summed E-state index contributed by atoms with van der Waals surface area (Å²) in [6.45, 7) is 8.05. The normalized spacial score (nSPS) is 22.0. The zero-order valence-electron chi connectivity index (χ0n) is 15.9. The van der Waals surface area contributed by atoms with Crippen molar-refractivity contribution in [3.63, 3.8) is 0 Å². The van der Waals surface area contributed by atoms with E-state index < -0.39 is 0 Å². The van der Waals surface area contributed by atoms with Crippen LogP contribution >= 0.6 is 0 Å². The van der Waals surface area contributed by atoms with Gasteiger partial charge in [-0.15, -0.1) is 0 Å². The van der Waals surface area contributed by atoms with Crippen LogP contribution in [0.2, 0.25) is 0 Å². The molecule has 0 saturated heterocycles. The first-order chi connectivity index (χ1) is 11.9. The maximum absolute atomic E-state index is 13.1. The van der Waals surface area contributed by atoms with Gasteiger partial charge in [-0.3, -0.25) is 9.59 Å². The van der Waals surface area contributed by atoms with Crippen LogP contribution in [0.3, 0.4) is 0 Å². The van der Waals surface area contributed by atoms with Crippen LogP contribution in [0.5, 0.6) is 0 Å². The molecule has 2 aliphatic rings. The van der Waals surface area contributed by atoms with Crippen molar-refractivity contribution in [3.05, 3.63) is 34.3 Å². The molecule has 0 aromatic heterocycles. The summed E-state index contributed by atoms with van der Waals surface area (Å²) in [7, 11) is 0. The summed E-state index contributed by atoms with van der Waals surface area (Å²) < 4.78 is 0. The second-order valence-corrected chi connectivity index (χ2v) is 7.54. The smallest absolute Gasteiger partial charge is 0.225 e. The molecule has 2 rings (SSSR count). The number of unbranched alkanes of at least 4 members (excludes halogenated alkanes) is 2. The van der Waals surface area contributed by atoms with Crippen LogP contribution in [0.4, 0.5) is 0 Å². The van der Waals surface area contributed by atoms with E-state index >= 15 is 0 Å². The minimum Gasteiger partial charge on any atom is -0.504 e. The van der Waals surface area contributed by atoms with E-state index in [0.29, 0.717) is 17.7 Å². The van der Waals surface area contributed by atoms with Gasteiger partial charge in [0.15, 0.2) is 5.76 Å². The molecule has 2 aliphatic carbocycles. The van der Waals surface area contributed by atoms with Gasteiger partial charge in [-0.25, -0.2) is 0 Å². The molecule has 0 saturated carbocycles. The van der Waals surface area contributed by atoms with Crippen LogP contribution in [-0.2, 0) is 9.59 Å². The van der Waals surface area contributed by atoms with E-state index in [-0.39, 0.29) is 34.9 Å². The number of hydrogen-bond acceptors (Lipinski definition) is 4. The monoisotopic (exact) mass is 345 g/mol. The minimum absolute atomic E-state index is 0.0538. The zero-order valence-corrected chi connectivity index (χ0v) is 15.9. The highest BCUT2D eigenvalue weighted by Crippen LogP contribution is 2.35. The maximum atomic E-state index is 13.1. The largest absolute Gasteiger partial charge is 0.504 e. The number of nitrogens with one attached hydrogen (secondary N) is 1. The molecule has 2 N–H and O–H groups in total. The number of carbonyl (C=O) groups is 2. The van der Waals surface area contributed by atoms with Gasteiger partial charge in [0.05, 0.1) is 11.3 Å². The molecule has 0 aromatic rings. The van der Waals surface area contributed by atoms with Gasteiger partial charge in [0.1, 0.15) is 0 Å². The van der Waals surface area contributed by atoms with Gasteiger partial charge in [0.2, 0.25) is 11.6 Å². The number of rotatable bonds is 7. The molecule has 138 valence electrons. The molecule has 1 unspecified atom stereocenters. The number of carbonyl (C=O) groups excluding carboxylic acids is 2. The van der Waals surface area contributed by atoms with Gasteiger partial charge >= 0.3 is 0 Å². The van der Waals surface area contributed by atoms with Gasteiger partial charge in [-0.05, 0) is 52.9 Å². The average molecular weight is 345 g/mol. The first-order valence-corrected chi connectivity index (χ1v) is 9.56. The Labute approximate surface area is 151 Å². The lowest BCUT2D eigenvalue weighted by molar-refractivity contribution is -0.119. The zero-order chi connectivity index (χ0) is 18.6. The molecule has 0 aromatic carbocycles. The molecule has 0 heterocycles. The maximum Gasteiger partial charge on any atom is 0.225 e. The van der Waals surface area contributed by atoms with Crippen molar-refractivity contribution >= 4 is 11.6 Å². The van der Waals surface area contributed by atoms with Gasteiger partial charge < -0.3 is 10.4 Å². The molecule has 0 fully saturated rings. The topological polar surface area (TPSA) is 66.4 Å². The predicted octanol–water partition coefficient (Wildman–Crippen LogP) is 4.53. The quantitative estimate of drug-likeness (QED) is 0.404. The third-order valence-electron chi connectivity index (χ3n) is 4.92. The molecule has 4 nitrogen and oxygen atoms in total. The molecule has 0 amide bonds. The number of hydrogen-bond donors (Lipinski definition) is 2. The fraction of sp³-hybridized carbons (Fsp3) is 0.619. The summed E-state index contributed by atoms with van der Waals surface area (Å²) in [5.74, 6) is -1.06. The van der Waals surface area contributed by atoms with E-state index in [4.69, 9.17) is 0 Å². The van der Waals surface area contributed by atoms with Crippen LogP contribution in [0.25, 0.3) is 0 Å². The van der Waals surface area contributed by atoms with E-state index in [1.807, 2.05) is 26.8 Å². The number of allylic oxidation sites excluding steroid dienone is 4. The Morgan fingerprint density at radius 3 is 2.56 bits per heavy atom. The van der Waals surface area contributed by atoms with Crippen molar-refractivity contribution in [1.29, 1.82) is 0 Å². The highest BCUT2D eigenvalue weighted by atomic mass is 16.3. The molecule has 0 bridgehead atoms. The third kappa shape index (κ3) is 4.42. The molecule has 25 heavy (non-hydrogen) atoms. The van der Waals surface area contributed by atoms with Crippen LogP contribution < -0.4 is 5.32 Å². The van der Waals surface area contributed by atoms with E-state index in [1.165, 1.54) is 5.57 Å². The Kier molecular flexibility index (Phi) is 6.63. The Morgan fingerprint density at radius 1 is 1.24 bits per heavy atom. The highest BCUT2D eigenvalue weighted by molar-refractivity contribution is 6.24. The highest BCUT2D eigenvalue weighted by Gasteiger charge is 2.37. The molecule has 0 spiro atoms. The van der Waals surface area contributed by atoms with Crippen LogP contribution in [0, 0.1) is 5.92 Å². The van der Waals surface area contributed by atoms with Crippen molar-refractivity contribution in [3.8, 4) is 0 Å². The van der Waals surface area contributed by atoms with Gasteiger partial charge in [-0.2, -0.15) is 0 Å². The SMILES string of the molecule is CCCCCC1=C(NC(C)C)C(=O)C(C2C=C(C)CCC2)=C(O)C1=O. The summed E-state index contributed by atoms with van der Waals surface area (Å²) in [5, 5.41) is 13.7. The molecular weight excluding hydrogens is 314 g/mol. The van der Waals surface area contributed by atoms with Crippen molar-refractivity contribution in [2.75, 3.05) is 0 Å². The molecule has 0 radical (unpaired) electrons. The first kappa shape index (κ1) is 19.5. The van der Waals surface area contributed by atoms with Gasteiger partial charge in [-0.1, -0.05) is 31.4 Å². The number of aliphatic hydroxyl groups excluding tert-OH is 1. The lowest BCUT2D eigenvalue weighted by Gasteiger charge is -2.28. The number of Topliss-reactive ketones (excluding diaryl/α,β-unsaturated/α-hetero) is 2. The van der Waals surface area contributed by atoms with Gasteiger partial charge in [0.25, 0.3) is 0 Å². The second-order valence-electron chi connectivity index (χ2n) is 7.54. The lowest BCUT2D eigenvalue weighted by Crippen LogP contribution is -2.37. The fourth-order valence-corrected chi connectivity index (χ4v) is 3.67. The van der Waals surface area contributed by atoms with E-state index in [0.717, 1.165) is 38.5 Å². The van der Waals surface area contributed by atoms with Crippen LogP contribution in [0.1, 0.15) is 72.6 Å².